The minimum Gasteiger partial charge on any atom is -0.369 e. The highest BCUT2D eigenvalue weighted by molar-refractivity contribution is 5.78. The fourth-order valence-electron chi connectivity index (χ4n) is 3.11. The van der Waals surface area contributed by atoms with E-state index in [1.165, 1.54) is 4.90 Å². The van der Waals surface area contributed by atoms with Gasteiger partial charge in [-0.15, -0.1) is 0 Å². The summed E-state index contributed by atoms with van der Waals surface area (Å²) in [5.74, 6) is 0.0523. The van der Waals surface area contributed by atoms with Crippen molar-refractivity contribution in [1.82, 2.24) is 4.90 Å². The number of amides is 2. The van der Waals surface area contributed by atoms with E-state index < -0.39 is 0 Å². The average Bonchev–Trinajstić information content (AvgIpc) is 2.47. The van der Waals surface area contributed by atoms with Crippen LogP contribution in [-0.2, 0) is 9.59 Å². The molecule has 1 rings (SSSR count). The van der Waals surface area contributed by atoms with E-state index in [1.807, 2.05) is 4.90 Å². The summed E-state index contributed by atoms with van der Waals surface area (Å²) in [7, 11) is 0. The van der Waals surface area contributed by atoms with Gasteiger partial charge >= 0.3 is 0 Å². The molecule has 0 saturated carbocycles. The molecule has 0 unspecified atom stereocenters. The minimum atomic E-state index is -0.193. The lowest BCUT2D eigenvalue weighted by molar-refractivity contribution is -0.898. The Kier molecular flexibility index (Phi) is 7.15. The quantitative estimate of drug-likeness (QED) is 0.705. The smallest absolute Gasteiger partial charge is 0.278 e. The number of rotatable bonds is 7. The summed E-state index contributed by atoms with van der Waals surface area (Å²) < 4.78 is 0. The highest BCUT2D eigenvalue weighted by Gasteiger charge is 2.30. The van der Waals surface area contributed by atoms with Crippen molar-refractivity contribution in [2.45, 2.75) is 65.5 Å². The molecule has 122 valence electrons. The number of carbonyl (C=O) groups excluding carboxylic acids is 2. The fraction of sp³-hybridized carbons (Fsp3) is 0.875. The van der Waals surface area contributed by atoms with Crippen LogP contribution in [-0.4, -0.2) is 48.4 Å². The summed E-state index contributed by atoms with van der Waals surface area (Å²) in [4.78, 5) is 27.2. The normalized spacial score (nSPS) is 25.1. The molecule has 0 aromatic rings. The van der Waals surface area contributed by atoms with Gasteiger partial charge in [-0.25, -0.2) is 0 Å². The first kappa shape index (κ1) is 18.0. The van der Waals surface area contributed by atoms with Gasteiger partial charge in [-0.1, -0.05) is 13.8 Å². The van der Waals surface area contributed by atoms with Crippen molar-refractivity contribution < 1.29 is 14.5 Å². The first-order chi connectivity index (χ1) is 9.90. The van der Waals surface area contributed by atoms with Crippen molar-refractivity contribution in [2.24, 2.45) is 11.7 Å². The van der Waals surface area contributed by atoms with Crippen molar-refractivity contribution >= 4 is 11.8 Å². The van der Waals surface area contributed by atoms with E-state index in [-0.39, 0.29) is 29.8 Å². The predicted octanol–water partition coefficient (Wildman–Crippen LogP) is 0.192. The molecule has 21 heavy (non-hydrogen) atoms. The predicted molar refractivity (Wildman–Crippen MR) is 83.8 cm³/mol. The molecule has 0 bridgehead atoms. The van der Waals surface area contributed by atoms with Gasteiger partial charge < -0.3 is 15.5 Å². The van der Waals surface area contributed by atoms with Crippen LogP contribution < -0.4 is 10.6 Å². The fourth-order valence-corrected chi connectivity index (χ4v) is 3.11. The lowest BCUT2D eigenvalue weighted by Gasteiger charge is -2.35. The summed E-state index contributed by atoms with van der Waals surface area (Å²) >= 11 is 0. The summed E-state index contributed by atoms with van der Waals surface area (Å²) in [6, 6.07) is 0.574. The highest BCUT2D eigenvalue weighted by Crippen LogP contribution is 2.12. The second-order valence-electron chi connectivity index (χ2n) is 6.42. The third-order valence-corrected chi connectivity index (χ3v) is 4.92. The Morgan fingerprint density at radius 1 is 1.14 bits per heavy atom. The van der Waals surface area contributed by atoms with Gasteiger partial charge in [0.25, 0.3) is 5.91 Å². The van der Waals surface area contributed by atoms with E-state index in [0.29, 0.717) is 6.54 Å². The standard InChI is InChI=1S/C16H31N3O2/c1-5-12(3)19(13(4)6-2)15(20)11-18-9-7-14(8-10-18)16(17)21/h12-14H,5-11H2,1-4H3,(H2,17,21)/p+1/t12-,13+. The van der Waals surface area contributed by atoms with Gasteiger partial charge in [0.2, 0.25) is 5.91 Å². The average molecular weight is 298 g/mol. The van der Waals surface area contributed by atoms with Crippen molar-refractivity contribution in [3.8, 4) is 0 Å². The maximum absolute atomic E-state index is 12.6. The lowest BCUT2D eigenvalue weighted by Crippen LogP contribution is -3.14. The zero-order valence-electron chi connectivity index (χ0n) is 14.0. The second kappa shape index (κ2) is 8.37. The molecule has 3 N–H and O–H groups in total. The van der Waals surface area contributed by atoms with Crippen molar-refractivity contribution in [3.05, 3.63) is 0 Å². The SMILES string of the molecule is CC[C@@H](C)N(C(=O)C[NH+]1CCC(C(N)=O)CC1)[C@@H](C)CC. The van der Waals surface area contributed by atoms with E-state index in [0.717, 1.165) is 38.8 Å². The van der Waals surface area contributed by atoms with E-state index in [2.05, 4.69) is 27.7 Å². The third-order valence-electron chi connectivity index (χ3n) is 4.92. The Bertz CT molecular complexity index is 341. The second-order valence-corrected chi connectivity index (χ2v) is 6.42. The molecule has 5 heteroatoms. The molecular formula is C16H32N3O2+. The molecular weight excluding hydrogens is 266 g/mol. The van der Waals surface area contributed by atoms with Gasteiger partial charge in [0.15, 0.2) is 6.54 Å². The number of primary amides is 1. The zero-order chi connectivity index (χ0) is 16.0. The molecule has 0 radical (unpaired) electrons. The number of quaternary nitrogens is 1. The van der Waals surface area contributed by atoms with Crippen LogP contribution in [0.5, 0.6) is 0 Å². The lowest BCUT2D eigenvalue weighted by atomic mass is 9.96. The van der Waals surface area contributed by atoms with Crippen LogP contribution >= 0.6 is 0 Å². The van der Waals surface area contributed by atoms with E-state index in [4.69, 9.17) is 5.73 Å². The molecule has 0 aromatic heterocycles. The van der Waals surface area contributed by atoms with Gasteiger partial charge in [0, 0.05) is 30.8 Å². The molecule has 1 aliphatic heterocycles. The first-order valence-corrected chi connectivity index (χ1v) is 8.34. The third kappa shape index (κ3) is 4.99. The Balaban J connectivity index is 2.56. The number of nitrogens with two attached hydrogens (primary N) is 1. The molecule has 1 aliphatic rings. The molecule has 1 saturated heterocycles. The Labute approximate surface area is 128 Å². The molecule has 0 spiro atoms. The van der Waals surface area contributed by atoms with Crippen molar-refractivity contribution in [2.75, 3.05) is 19.6 Å². The van der Waals surface area contributed by atoms with Gasteiger partial charge in [-0.3, -0.25) is 9.59 Å². The zero-order valence-corrected chi connectivity index (χ0v) is 14.0. The van der Waals surface area contributed by atoms with Crippen LogP contribution in [0.25, 0.3) is 0 Å². The van der Waals surface area contributed by atoms with Crippen LogP contribution in [0.4, 0.5) is 0 Å². The molecule has 0 aromatic carbocycles. The van der Waals surface area contributed by atoms with E-state index >= 15 is 0 Å². The summed E-state index contributed by atoms with van der Waals surface area (Å²) in [6.45, 7) is 10.8. The summed E-state index contributed by atoms with van der Waals surface area (Å²) in [5.41, 5.74) is 5.35. The van der Waals surface area contributed by atoms with Gasteiger partial charge in [-0.05, 0) is 26.7 Å². The Hall–Kier alpha value is -1.10. The first-order valence-electron chi connectivity index (χ1n) is 8.34. The number of likely N-dealkylation sites (tertiary alicyclic amines) is 1. The van der Waals surface area contributed by atoms with E-state index in [9.17, 15) is 9.59 Å². The van der Waals surface area contributed by atoms with Crippen LogP contribution in [0.3, 0.4) is 0 Å². The molecule has 1 heterocycles. The Morgan fingerprint density at radius 3 is 2.00 bits per heavy atom. The monoisotopic (exact) mass is 298 g/mol. The van der Waals surface area contributed by atoms with Gasteiger partial charge in [0.05, 0.1) is 13.1 Å². The topological polar surface area (TPSA) is 67.8 Å². The molecule has 1 fully saturated rings. The number of hydrogen-bond acceptors (Lipinski definition) is 2. The highest BCUT2D eigenvalue weighted by atomic mass is 16.2. The summed E-state index contributed by atoms with van der Waals surface area (Å²) in [5, 5.41) is 0. The molecule has 5 nitrogen and oxygen atoms in total. The number of piperidine rings is 1. The van der Waals surface area contributed by atoms with E-state index in [1.54, 1.807) is 0 Å². The molecule has 2 amide bonds. The maximum Gasteiger partial charge on any atom is 0.278 e. The molecule has 0 aliphatic carbocycles. The number of carbonyl (C=O) groups is 2. The van der Waals surface area contributed by atoms with Crippen molar-refractivity contribution in [3.63, 3.8) is 0 Å². The number of nitrogens with zero attached hydrogens (tertiary/aromatic N) is 1. The number of nitrogens with one attached hydrogen (secondary N) is 1. The van der Waals surface area contributed by atoms with Crippen LogP contribution in [0.1, 0.15) is 53.4 Å². The van der Waals surface area contributed by atoms with Gasteiger partial charge in [-0.2, -0.15) is 0 Å². The molecule has 2 atom stereocenters. The van der Waals surface area contributed by atoms with Crippen LogP contribution in [0, 0.1) is 5.92 Å². The van der Waals surface area contributed by atoms with Crippen LogP contribution in [0.2, 0.25) is 0 Å². The Morgan fingerprint density at radius 2 is 1.62 bits per heavy atom. The maximum atomic E-state index is 12.6. The minimum absolute atomic E-state index is 0.00378. The summed E-state index contributed by atoms with van der Waals surface area (Å²) in [6.07, 6.45) is 3.58. The van der Waals surface area contributed by atoms with Crippen LogP contribution in [0.15, 0.2) is 0 Å². The van der Waals surface area contributed by atoms with Crippen molar-refractivity contribution in [1.29, 1.82) is 0 Å². The number of hydrogen-bond donors (Lipinski definition) is 2. The van der Waals surface area contributed by atoms with Gasteiger partial charge in [0.1, 0.15) is 0 Å². The largest absolute Gasteiger partial charge is 0.369 e.